The van der Waals surface area contributed by atoms with Crippen molar-refractivity contribution in [2.75, 3.05) is 0 Å². The molecule has 4 heteroatoms. The summed E-state index contributed by atoms with van der Waals surface area (Å²) in [7, 11) is 0. The Labute approximate surface area is 232 Å². The van der Waals surface area contributed by atoms with Gasteiger partial charge in [0.05, 0.1) is 0 Å². The van der Waals surface area contributed by atoms with Crippen molar-refractivity contribution in [1.29, 1.82) is 0 Å². The molecule has 0 aliphatic rings. The lowest BCUT2D eigenvalue weighted by Crippen LogP contribution is -2.00. The van der Waals surface area contributed by atoms with Crippen LogP contribution in [0.4, 0.5) is 0 Å². The zero-order chi connectivity index (χ0) is 28.4. The molecule has 0 radical (unpaired) electrons. The molecule has 0 saturated carbocycles. The smallest absolute Gasteiger partial charge is 0.122 e. The number of hydrogen-bond donors (Lipinski definition) is 4. The van der Waals surface area contributed by atoms with Crippen LogP contribution in [0.25, 0.3) is 0 Å². The molecule has 4 nitrogen and oxygen atoms in total. The molecule has 0 spiro atoms. The van der Waals surface area contributed by atoms with E-state index in [-0.39, 0.29) is 23.0 Å². The highest BCUT2D eigenvalue weighted by atomic mass is 16.3. The molecule has 0 heterocycles. The fourth-order valence-corrected chi connectivity index (χ4v) is 5.24. The van der Waals surface area contributed by atoms with Gasteiger partial charge in [0, 0.05) is 19.3 Å². The van der Waals surface area contributed by atoms with Crippen LogP contribution in [0.3, 0.4) is 0 Å². The molecular formula is C35H40O4. The quantitative estimate of drug-likeness (QED) is 0.187. The Morgan fingerprint density at radius 2 is 0.769 bits per heavy atom. The van der Waals surface area contributed by atoms with Crippen molar-refractivity contribution in [3.63, 3.8) is 0 Å². The second-order valence-electron chi connectivity index (χ2n) is 11.5. The van der Waals surface area contributed by atoms with Crippen molar-refractivity contribution in [3.05, 3.63) is 116 Å². The molecule has 4 aromatic carbocycles. The number of aryl methyl sites for hydroxylation is 2. The Kier molecular flexibility index (Phi) is 8.25. The zero-order valence-electron chi connectivity index (χ0n) is 23.8. The molecule has 0 saturated heterocycles. The van der Waals surface area contributed by atoms with Gasteiger partial charge in [-0.3, -0.25) is 0 Å². The highest BCUT2D eigenvalue weighted by Gasteiger charge is 2.17. The first kappa shape index (κ1) is 28.1. The molecule has 0 fully saturated rings. The summed E-state index contributed by atoms with van der Waals surface area (Å²) in [6.07, 6.45) is 1.17. The lowest BCUT2D eigenvalue weighted by molar-refractivity contribution is 0.454. The predicted molar refractivity (Wildman–Crippen MR) is 158 cm³/mol. The number of benzene rings is 4. The van der Waals surface area contributed by atoms with Crippen LogP contribution in [0.5, 0.6) is 23.0 Å². The highest BCUT2D eigenvalue weighted by Crippen LogP contribution is 2.36. The zero-order valence-corrected chi connectivity index (χ0v) is 23.8. The van der Waals surface area contributed by atoms with Crippen LogP contribution in [-0.4, -0.2) is 20.4 Å². The van der Waals surface area contributed by atoms with Crippen molar-refractivity contribution in [2.45, 2.75) is 72.6 Å². The summed E-state index contributed by atoms with van der Waals surface area (Å²) in [6, 6.07) is 19.1. The van der Waals surface area contributed by atoms with Gasteiger partial charge in [-0.1, -0.05) is 87.4 Å². The molecule has 0 bridgehead atoms. The van der Waals surface area contributed by atoms with Crippen molar-refractivity contribution < 1.29 is 20.4 Å². The third-order valence-electron chi connectivity index (χ3n) is 7.51. The summed E-state index contributed by atoms with van der Waals surface area (Å²) in [4.78, 5) is 0. The average Bonchev–Trinajstić information content (AvgIpc) is 2.87. The first-order valence-electron chi connectivity index (χ1n) is 13.7. The second-order valence-corrected chi connectivity index (χ2v) is 11.5. The first-order chi connectivity index (χ1) is 18.4. The molecule has 4 aromatic rings. The first-order valence-corrected chi connectivity index (χ1v) is 13.7. The van der Waals surface area contributed by atoms with E-state index in [1.807, 2.05) is 62.4 Å². The van der Waals surface area contributed by atoms with Gasteiger partial charge in [-0.15, -0.1) is 0 Å². The maximum absolute atomic E-state index is 11.3. The van der Waals surface area contributed by atoms with Gasteiger partial charge in [-0.2, -0.15) is 0 Å². The Bertz CT molecular complexity index is 1380. The monoisotopic (exact) mass is 524 g/mol. The summed E-state index contributed by atoms with van der Waals surface area (Å²) < 4.78 is 0. The third kappa shape index (κ3) is 6.39. The molecule has 204 valence electrons. The van der Waals surface area contributed by atoms with Crippen molar-refractivity contribution in [2.24, 2.45) is 0 Å². The van der Waals surface area contributed by atoms with Crippen LogP contribution in [0.15, 0.2) is 60.7 Å². The normalized spacial score (nSPS) is 11.5. The van der Waals surface area contributed by atoms with E-state index in [4.69, 9.17) is 0 Å². The lowest BCUT2D eigenvalue weighted by Gasteiger charge is -2.17. The molecule has 0 amide bonds. The van der Waals surface area contributed by atoms with Gasteiger partial charge in [0.1, 0.15) is 23.0 Å². The van der Waals surface area contributed by atoms with Gasteiger partial charge in [-0.25, -0.2) is 0 Å². The number of phenolic OH excluding ortho intramolecular Hbond substituents is 4. The maximum Gasteiger partial charge on any atom is 0.122 e. The second kappa shape index (κ2) is 11.4. The Morgan fingerprint density at radius 1 is 0.462 bits per heavy atom. The molecule has 0 atom stereocenters. The molecule has 4 rings (SSSR count). The highest BCUT2D eigenvalue weighted by molar-refractivity contribution is 5.54. The van der Waals surface area contributed by atoms with E-state index in [1.165, 1.54) is 0 Å². The number of aromatic hydroxyl groups is 4. The van der Waals surface area contributed by atoms with E-state index in [0.717, 1.165) is 55.6 Å². The number of phenols is 4. The molecule has 0 aliphatic carbocycles. The van der Waals surface area contributed by atoms with Crippen LogP contribution in [0, 0.1) is 13.8 Å². The summed E-state index contributed by atoms with van der Waals surface area (Å²) in [5.74, 6) is 1.46. The van der Waals surface area contributed by atoms with Crippen molar-refractivity contribution in [1.82, 2.24) is 0 Å². The van der Waals surface area contributed by atoms with Crippen LogP contribution in [0.2, 0.25) is 0 Å². The molecule has 39 heavy (non-hydrogen) atoms. The predicted octanol–water partition coefficient (Wildman–Crippen LogP) is 8.15. The van der Waals surface area contributed by atoms with Crippen LogP contribution < -0.4 is 0 Å². The van der Waals surface area contributed by atoms with Gasteiger partial charge in [-0.05, 0) is 82.3 Å². The van der Waals surface area contributed by atoms with E-state index < -0.39 is 0 Å². The van der Waals surface area contributed by atoms with Gasteiger partial charge >= 0.3 is 0 Å². The minimum absolute atomic E-state index is 0.180. The minimum atomic E-state index is 0.180. The average molecular weight is 525 g/mol. The third-order valence-corrected chi connectivity index (χ3v) is 7.51. The molecule has 0 aliphatic heterocycles. The largest absolute Gasteiger partial charge is 0.508 e. The van der Waals surface area contributed by atoms with Crippen LogP contribution in [0.1, 0.15) is 95.2 Å². The van der Waals surface area contributed by atoms with Crippen LogP contribution >= 0.6 is 0 Å². The molecule has 0 unspecified atom stereocenters. The number of rotatable bonds is 8. The van der Waals surface area contributed by atoms with Crippen LogP contribution in [-0.2, 0) is 19.3 Å². The minimum Gasteiger partial charge on any atom is -0.508 e. The van der Waals surface area contributed by atoms with Gasteiger partial charge < -0.3 is 20.4 Å². The fraction of sp³-hybridized carbons (Fsp3) is 0.314. The molecule has 0 aromatic heterocycles. The van der Waals surface area contributed by atoms with Gasteiger partial charge in [0.15, 0.2) is 0 Å². The van der Waals surface area contributed by atoms with E-state index in [9.17, 15) is 20.4 Å². The Balaban J connectivity index is 1.68. The standard InChI is InChI=1S/C35H40O4/c1-20(2)24-7-9-32(36)26(15-24)17-28-11-22(5)13-30(34(28)38)19-31-14-23(6)12-29(35(31)39)18-27-16-25(21(3)4)8-10-33(27)37/h7-16,20-21,36-39H,17-19H2,1-6H3. The van der Waals surface area contributed by atoms with Crippen molar-refractivity contribution in [3.8, 4) is 23.0 Å². The summed E-state index contributed by atoms with van der Waals surface area (Å²) in [5, 5.41) is 43.6. The molecule has 4 N–H and O–H groups in total. The summed E-state index contributed by atoms with van der Waals surface area (Å²) >= 11 is 0. The van der Waals surface area contributed by atoms with Gasteiger partial charge in [0.2, 0.25) is 0 Å². The van der Waals surface area contributed by atoms with E-state index in [0.29, 0.717) is 31.1 Å². The topological polar surface area (TPSA) is 80.9 Å². The number of hydrogen-bond acceptors (Lipinski definition) is 4. The lowest BCUT2D eigenvalue weighted by atomic mass is 9.91. The molecular weight excluding hydrogens is 484 g/mol. The Hall–Kier alpha value is -3.92. The maximum atomic E-state index is 11.3. The summed E-state index contributed by atoms with van der Waals surface area (Å²) in [5.41, 5.74) is 8.75. The SMILES string of the molecule is Cc1cc(Cc2cc(C(C)C)ccc2O)c(O)c(Cc2cc(C)cc(Cc3cc(C(C)C)ccc3O)c2O)c1. The van der Waals surface area contributed by atoms with E-state index >= 15 is 0 Å². The Morgan fingerprint density at radius 3 is 1.08 bits per heavy atom. The summed E-state index contributed by atoms with van der Waals surface area (Å²) in [6.45, 7) is 12.4. The van der Waals surface area contributed by atoms with Crippen molar-refractivity contribution >= 4 is 0 Å². The van der Waals surface area contributed by atoms with E-state index in [2.05, 4.69) is 27.7 Å². The fourth-order valence-electron chi connectivity index (χ4n) is 5.24. The van der Waals surface area contributed by atoms with Gasteiger partial charge in [0.25, 0.3) is 0 Å². The van der Waals surface area contributed by atoms with E-state index in [1.54, 1.807) is 12.1 Å².